The number of amides is 1. The van der Waals surface area contributed by atoms with Crippen LogP contribution in [0.1, 0.15) is 22.5 Å². The van der Waals surface area contributed by atoms with E-state index in [2.05, 4.69) is 5.10 Å². The summed E-state index contributed by atoms with van der Waals surface area (Å²) in [6.07, 6.45) is 2.44. The molecule has 0 saturated heterocycles. The van der Waals surface area contributed by atoms with Crippen LogP contribution >= 0.6 is 0 Å². The Bertz CT molecular complexity index is 671. The molecule has 0 radical (unpaired) electrons. The molecule has 1 aliphatic rings. The Morgan fingerprint density at radius 3 is 3.00 bits per heavy atom. The number of nitrogens with zero attached hydrogens (tertiary/aromatic N) is 3. The number of rotatable bonds is 3. The van der Waals surface area contributed by atoms with Gasteiger partial charge in [0.15, 0.2) is 0 Å². The summed E-state index contributed by atoms with van der Waals surface area (Å²) in [4.78, 5) is 14.5. The van der Waals surface area contributed by atoms with E-state index in [1.807, 2.05) is 10.7 Å². The number of aryl methyl sites for hydroxylation is 1. The van der Waals surface area contributed by atoms with Gasteiger partial charge < -0.3 is 9.64 Å². The van der Waals surface area contributed by atoms with E-state index < -0.39 is 5.82 Å². The lowest BCUT2D eigenvalue weighted by molar-refractivity contribution is 0.0498. The molecule has 2 heterocycles. The van der Waals surface area contributed by atoms with E-state index in [1.165, 1.54) is 12.1 Å². The number of hydrogen-bond donors (Lipinski definition) is 0. The van der Waals surface area contributed by atoms with Crippen molar-refractivity contribution in [3.05, 3.63) is 53.6 Å². The van der Waals surface area contributed by atoms with Crippen molar-refractivity contribution in [1.82, 2.24) is 14.7 Å². The molecule has 0 aliphatic carbocycles. The predicted octanol–water partition coefficient (Wildman–Crippen LogP) is 2.08. The topological polar surface area (TPSA) is 47.4 Å². The fourth-order valence-corrected chi connectivity index (χ4v) is 2.82. The van der Waals surface area contributed by atoms with Crippen LogP contribution in [0.15, 0.2) is 36.5 Å². The van der Waals surface area contributed by atoms with E-state index in [4.69, 9.17) is 4.74 Å². The quantitative estimate of drug-likeness (QED) is 0.872. The highest BCUT2D eigenvalue weighted by Crippen LogP contribution is 2.21. The average molecular weight is 303 g/mol. The molecule has 0 fully saturated rings. The Morgan fingerprint density at radius 2 is 2.23 bits per heavy atom. The van der Waals surface area contributed by atoms with E-state index in [0.29, 0.717) is 13.2 Å². The van der Waals surface area contributed by atoms with Crippen molar-refractivity contribution < 1.29 is 13.9 Å². The number of carbonyl (C=O) groups is 1. The van der Waals surface area contributed by atoms with Gasteiger partial charge in [0.2, 0.25) is 0 Å². The lowest BCUT2D eigenvalue weighted by atomic mass is 10.1. The molecule has 1 aliphatic heterocycles. The summed E-state index contributed by atoms with van der Waals surface area (Å²) in [5.41, 5.74) is 1.04. The molecule has 0 bridgehead atoms. The summed E-state index contributed by atoms with van der Waals surface area (Å²) in [7, 11) is 1.61. The van der Waals surface area contributed by atoms with E-state index in [0.717, 1.165) is 18.7 Å². The van der Waals surface area contributed by atoms with Gasteiger partial charge in [-0.3, -0.25) is 9.48 Å². The number of halogens is 1. The van der Waals surface area contributed by atoms with Gasteiger partial charge in [0.25, 0.3) is 5.91 Å². The molecule has 1 aromatic carbocycles. The van der Waals surface area contributed by atoms with Crippen molar-refractivity contribution in [3.63, 3.8) is 0 Å². The average Bonchev–Trinajstić information content (AvgIpc) is 2.89. The number of hydrogen-bond acceptors (Lipinski definition) is 3. The second-order valence-corrected chi connectivity index (χ2v) is 5.36. The monoisotopic (exact) mass is 303 g/mol. The van der Waals surface area contributed by atoms with Crippen LogP contribution in [0.5, 0.6) is 0 Å². The second kappa shape index (κ2) is 6.27. The first-order valence-electron chi connectivity index (χ1n) is 7.26. The van der Waals surface area contributed by atoms with Gasteiger partial charge in [-0.25, -0.2) is 4.39 Å². The van der Waals surface area contributed by atoms with Crippen molar-refractivity contribution in [1.29, 1.82) is 0 Å². The summed E-state index contributed by atoms with van der Waals surface area (Å²) in [5, 5.41) is 4.26. The molecule has 0 N–H and O–H groups in total. The zero-order chi connectivity index (χ0) is 15.5. The first kappa shape index (κ1) is 14.7. The number of methoxy groups -OCH3 is 1. The summed E-state index contributed by atoms with van der Waals surface area (Å²) >= 11 is 0. The first-order valence-corrected chi connectivity index (χ1v) is 7.26. The number of fused-ring (bicyclic) bond motifs is 1. The Labute approximate surface area is 128 Å². The van der Waals surface area contributed by atoms with E-state index in [9.17, 15) is 9.18 Å². The maximum atomic E-state index is 13.9. The zero-order valence-electron chi connectivity index (χ0n) is 12.4. The molecule has 6 heteroatoms. The van der Waals surface area contributed by atoms with Crippen LogP contribution in [0.25, 0.3) is 0 Å². The molecule has 1 aromatic heterocycles. The Kier molecular flexibility index (Phi) is 4.20. The maximum Gasteiger partial charge on any atom is 0.257 e. The molecule has 5 nitrogen and oxygen atoms in total. The number of ether oxygens (including phenoxy) is 1. The summed E-state index contributed by atoms with van der Waals surface area (Å²) in [6.45, 7) is 1.55. The van der Waals surface area contributed by atoms with Crippen molar-refractivity contribution in [3.8, 4) is 0 Å². The van der Waals surface area contributed by atoms with Crippen LogP contribution in [0.4, 0.5) is 4.39 Å². The number of aromatic nitrogens is 2. The third-order valence-electron chi connectivity index (χ3n) is 3.98. The molecule has 1 amide bonds. The van der Waals surface area contributed by atoms with E-state index in [1.54, 1.807) is 30.3 Å². The van der Waals surface area contributed by atoms with Gasteiger partial charge in [-0.05, 0) is 24.6 Å². The van der Waals surface area contributed by atoms with Gasteiger partial charge in [-0.15, -0.1) is 0 Å². The van der Waals surface area contributed by atoms with E-state index in [-0.39, 0.29) is 17.5 Å². The molecular formula is C16H18FN3O2. The van der Waals surface area contributed by atoms with Gasteiger partial charge in [0.05, 0.1) is 30.5 Å². The lowest BCUT2D eigenvalue weighted by Gasteiger charge is -2.29. The van der Waals surface area contributed by atoms with Gasteiger partial charge in [0.1, 0.15) is 5.82 Å². The molecule has 3 rings (SSSR count). The fraction of sp³-hybridized carbons (Fsp3) is 0.375. The Hall–Kier alpha value is -2.21. The molecule has 1 atom stereocenters. The highest BCUT2D eigenvalue weighted by Gasteiger charge is 2.29. The SMILES string of the molecule is COC[C@H]1CCn2nccc2CN1C(=O)c1ccccc1F. The largest absolute Gasteiger partial charge is 0.383 e. The molecule has 0 unspecified atom stereocenters. The predicted molar refractivity (Wildman–Crippen MR) is 78.8 cm³/mol. The van der Waals surface area contributed by atoms with Crippen molar-refractivity contribution >= 4 is 5.91 Å². The third kappa shape index (κ3) is 2.74. The van der Waals surface area contributed by atoms with Crippen LogP contribution < -0.4 is 0 Å². The van der Waals surface area contributed by atoms with Gasteiger partial charge >= 0.3 is 0 Å². The Morgan fingerprint density at radius 1 is 1.41 bits per heavy atom. The second-order valence-electron chi connectivity index (χ2n) is 5.36. The highest BCUT2D eigenvalue weighted by molar-refractivity contribution is 5.94. The minimum atomic E-state index is -0.499. The van der Waals surface area contributed by atoms with Crippen LogP contribution in [-0.2, 0) is 17.8 Å². The van der Waals surface area contributed by atoms with Crippen LogP contribution in [0, 0.1) is 5.82 Å². The summed E-state index contributed by atoms with van der Waals surface area (Å²) < 4.78 is 21.1. The smallest absolute Gasteiger partial charge is 0.257 e. The molecule has 2 aromatic rings. The molecule has 0 spiro atoms. The van der Waals surface area contributed by atoms with Crippen molar-refractivity contribution in [2.45, 2.75) is 25.6 Å². The highest BCUT2D eigenvalue weighted by atomic mass is 19.1. The molecule has 22 heavy (non-hydrogen) atoms. The number of carbonyl (C=O) groups excluding carboxylic acids is 1. The van der Waals surface area contributed by atoms with Gasteiger partial charge in [-0.1, -0.05) is 12.1 Å². The lowest BCUT2D eigenvalue weighted by Crippen LogP contribution is -2.42. The third-order valence-corrected chi connectivity index (χ3v) is 3.98. The van der Waals surface area contributed by atoms with Crippen LogP contribution in [-0.4, -0.2) is 40.3 Å². The standard InChI is InChI=1S/C16H18FN3O2/c1-22-11-13-7-9-20-12(6-8-18-20)10-19(13)16(21)14-4-2-3-5-15(14)17/h2-6,8,13H,7,9-11H2,1H3/t13-/m1/s1. The normalized spacial score (nSPS) is 17.9. The molecule has 116 valence electrons. The molecule has 0 saturated carbocycles. The van der Waals surface area contributed by atoms with Gasteiger partial charge in [-0.2, -0.15) is 5.10 Å². The Balaban J connectivity index is 1.93. The first-order chi connectivity index (χ1) is 10.7. The van der Waals surface area contributed by atoms with Crippen molar-refractivity contribution in [2.24, 2.45) is 0 Å². The minimum absolute atomic E-state index is 0.0940. The fourth-order valence-electron chi connectivity index (χ4n) is 2.82. The van der Waals surface area contributed by atoms with Crippen molar-refractivity contribution in [2.75, 3.05) is 13.7 Å². The maximum absolute atomic E-state index is 13.9. The van der Waals surface area contributed by atoms with E-state index >= 15 is 0 Å². The summed E-state index contributed by atoms with van der Waals surface area (Å²) in [6, 6.07) is 7.86. The summed E-state index contributed by atoms with van der Waals surface area (Å²) in [5.74, 6) is -0.809. The number of benzene rings is 1. The minimum Gasteiger partial charge on any atom is -0.383 e. The van der Waals surface area contributed by atoms with Crippen LogP contribution in [0.2, 0.25) is 0 Å². The zero-order valence-corrected chi connectivity index (χ0v) is 12.4. The van der Waals surface area contributed by atoms with Gasteiger partial charge in [0, 0.05) is 19.9 Å². The van der Waals surface area contributed by atoms with Crippen LogP contribution in [0.3, 0.4) is 0 Å². The molecular weight excluding hydrogens is 285 g/mol.